The first-order valence-electron chi connectivity index (χ1n) is 6.91. The number of rotatable bonds is 6. The summed E-state index contributed by atoms with van der Waals surface area (Å²) in [6, 6.07) is 7.25. The molecule has 10 heteroatoms. The number of hydrogen-bond acceptors (Lipinski definition) is 7. The van der Waals surface area contributed by atoms with Crippen molar-refractivity contribution in [2.45, 2.75) is 23.8 Å². The molecule has 128 valence electrons. The SMILES string of the molecule is CCON(C=O)c1cc(S(=O)(=O)c2ccccc2C)nc(N)[n+]1[O-]. The molecule has 9 nitrogen and oxygen atoms in total. The van der Waals surface area contributed by atoms with E-state index < -0.39 is 26.6 Å². The second kappa shape index (κ2) is 6.81. The van der Waals surface area contributed by atoms with Crippen LogP contribution in [0.2, 0.25) is 0 Å². The Balaban J connectivity index is 2.66. The molecule has 0 saturated heterocycles. The molecule has 0 radical (unpaired) electrons. The van der Waals surface area contributed by atoms with Crippen molar-refractivity contribution in [1.82, 2.24) is 4.98 Å². The molecule has 0 unspecified atom stereocenters. The predicted octanol–water partition coefficient (Wildman–Crippen LogP) is 0.353. The molecular weight excluding hydrogens is 336 g/mol. The Morgan fingerprint density at radius 2 is 2.08 bits per heavy atom. The Bertz CT molecular complexity index is 869. The molecule has 0 bridgehead atoms. The number of hydrogen-bond donors (Lipinski definition) is 1. The van der Waals surface area contributed by atoms with Crippen molar-refractivity contribution in [1.29, 1.82) is 0 Å². The lowest BCUT2D eigenvalue weighted by atomic mass is 10.2. The van der Waals surface area contributed by atoms with Gasteiger partial charge in [-0.3, -0.25) is 4.79 Å². The topological polar surface area (TPSA) is 130 Å². The van der Waals surface area contributed by atoms with Crippen LogP contribution in [0.4, 0.5) is 11.8 Å². The highest BCUT2D eigenvalue weighted by Gasteiger charge is 2.28. The van der Waals surface area contributed by atoms with E-state index in [2.05, 4.69) is 4.98 Å². The largest absolute Gasteiger partial charge is 0.754 e. The molecule has 2 rings (SSSR count). The van der Waals surface area contributed by atoms with Gasteiger partial charge in [-0.25, -0.2) is 18.0 Å². The minimum Gasteiger partial charge on any atom is -0.754 e. The van der Waals surface area contributed by atoms with E-state index in [0.29, 0.717) is 10.6 Å². The maximum Gasteiger partial charge on any atom is 0.345 e. The molecule has 24 heavy (non-hydrogen) atoms. The lowest BCUT2D eigenvalue weighted by Crippen LogP contribution is -2.41. The molecule has 0 aliphatic rings. The Kier molecular flexibility index (Phi) is 5.00. The molecule has 0 saturated carbocycles. The highest BCUT2D eigenvalue weighted by molar-refractivity contribution is 7.91. The summed E-state index contributed by atoms with van der Waals surface area (Å²) in [6.45, 7) is 3.31. The van der Waals surface area contributed by atoms with Crippen molar-refractivity contribution in [3.63, 3.8) is 0 Å². The molecular formula is C14H16N4O5S. The molecule has 0 atom stereocenters. The maximum absolute atomic E-state index is 12.8. The van der Waals surface area contributed by atoms with Gasteiger partial charge in [-0.2, -0.15) is 0 Å². The number of benzene rings is 1. The van der Waals surface area contributed by atoms with Crippen LogP contribution < -0.4 is 15.5 Å². The van der Waals surface area contributed by atoms with Gasteiger partial charge in [-0.1, -0.05) is 23.2 Å². The van der Waals surface area contributed by atoms with Gasteiger partial charge >= 0.3 is 5.95 Å². The minimum atomic E-state index is -4.03. The number of anilines is 2. The first-order valence-corrected chi connectivity index (χ1v) is 8.39. The van der Waals surface area contributed by atoms with Crippen LogP contribution in [0.25, 0.3) is 0 Å². The van der Waals surface area contributed by atoms with Crippen molar-refractivity contribution in [2.75, 3.05) is 17.4 Å². The molecule has 1 aromatic carbocycles. The number of aromatic nitrogens is 2. The molecule has 0 aliphatic heterocycles. The number of nitrogens with zero attached hydrogens (tertiary/aromatic N) is 3. The van der Waals surface area contributed by atoms with E-state index in [1.807, 2.05) is 0 Å². The number of sulfone groups is 1. The standard InChI is InChI=1S/C14H16N4O5S/c1-3-23-17(9-19)13-8-12(16-14(15)18(13)20)24(21,22)11-7-5-4-6-10(11)2/h4-9H,3H2,1-2H3,(H2,15,16). The molecule has 0 aliphatic carbocycles. The highest BCUT2D eigenvalue weighted by Crippen LogP contribution is 2.24. The van der Waals surface area contributed by atoms with Gasteiger partial charge in [0.1, 0.15) is 0 Å². The number of amides is 1. The smallest absolute Gasteiger partial charge is 0.345 e. The van der Waals surface area contributed by atoms with Gasteiger partial charge in [0.15, 0.2) is 0 Å². The first-order chi connectivity index (χ1) is 11.3. The number of carbonyl (C=O) groups is 1. The summed E-state index contributed by atoms with van der Waals surface area (Å²) in [4.78, 5) is 19.7. The third-order valence-corrected chi connectivity index (χ3v) is 4.94. The fourth-order valence-electron chi connectivity index (χ4n) is 2.03. The summed E-state index contributed by atoms with van der Waals surface area (Å²) in [6.07, 6.45) is 0.233. The van der Waals surface area contributed by atoms with E-state index in [-0.39, 0.29) is 22.6 Å². The maximum atomic E-state index is 12.8. The molecule has 2 aromatic rings. The Morgan fingerprint density at radius 3 is 2.67 bits per heavy atom. The van der Waals surface area contributed by atoms with Crippen molar-refractivity contribution in [3.05, 3.63) is 41.1 Å². The normalized spacial score (nSPS) is 11.2. The zero-order valence-corrected chi connectivity index (χ0v) is 13.9. The van der Waals surface area contributed by atoms with E-state index in [4.69, 9.17) is 10.6 Å². The lowest BCUT2D eigenvalue weighted by Gasteiger charge is -2.18. The van der Waals surface area contributed by atoms with Gasteiger partial charge < -0.3 is 10.9 Å². The summed E-state index contributed by atoms with van der Waals surface area (Å²) in [5.41, 5.74) is 6.01. The first kappa shape index (κ1) is 17.6. The van der Waals surface area contributed by atoms with E-state index >= 15 is 0 Å². The van der Waals surface area contributed by atoms with Crippen LogP contribution in [0.15, 0.2) is 40.3 Å². The molecule has 1 heterocycles. The quantitative estimate of drug-likeness (QED) is 0.261. The molecule has 0 fully saturated rings. The monoisotopic (exact) mass is 352 g/mol. The van der Waals surface area contributed by atoms with Gasteiger partial charge in [-0.15, -0.1) is 5.06 Å². The van der Waals surface area contributed by atoms with Crippen molar-refractivity contribution in [3.8, 4) is 0 Å². The van der Waals surface area contributed by atoms with Gasteiger partial charge in [0.05, 0.1) is 17.6 Å². The Hall–Kier alpha value is -2.72. The summed E-state index contributed by atoms with van der Waals surface area (Å²) in [5, 5.41) is 12.1. The van der Waals surface area contributed by atoms with Gasteiger partial charge in [0.25, 0.3) is 6.41 Å². The van der Waals surface area contributed by atoms with E-state index in [1.165, 1.54) is 6.07 Å². The number of hydroxylamine groups is 1. The van der Waals surface area contributed by atoms with Crippen LogP contribution >= 0.6 is 0 Å². The average Bonchev–Trinajstić information content (AvgIpc) is 2.55. The van der Waals surface area contributed by atoms with E-state index in [1.54, 1.807) is 32.0 Å². The van der Waals surface area contributed by atoms with Crippen LogP contribution in [-0.2, 0) is 19.5 Å². The van der Waals surface area contributed by atoms with Crippen LogP contribution in [0, 0.1) is 12.1 Å². The van der Waals surface area contributed by atoms with Crippen LogP contribution in [0.1, 0.15) is 12.5 Å². The number of nitrogen functional groups attached to an aromatic ring is 1. The summed E-state index contributed by atoms with van der Waals surface area (Å²) >= 11 is 0. The van der Waals surface area contributed by atoms with Gasteiger partial charge in [0, 0.05) is 0 Å². The lowest BCUT2D eigenvalue weighted by molar-refractivity contribution is -0.581. The number of nitrogens with two attached hydrogens (primary N) is 1. The molecule has 1 aromatic heterocycles. The molecule has 1 amide bonds. The van der Waals surface area contributed by atoms with Crippen LogP contribution in [0.3, 0.4) is 0 Å². The predicted molar refractivity (Wildman–Crippen MR) is 84.4 cm³/mol. The summed E-state index contributed by atoms with van der Waals surface area (Å²) in [5.74, 6) is -1.02. The van der Waals surface area contributed by atoms with E-state index in [0.717, 1.165) is 6.07 Å². The fourth-order valence-corrected chi connectivity index (χ4v) is 3.48. The number of aryl methyl sites for hydroxylation is 1. The second-order valence-corrected chi connectivity index (χ2v) is 6.59. The Labute approximate surface area is 138 Å². The van der Waals surface area contributed by atoms with Crippen molar-refractivity contribution >= 4 is 28.0 Å². The van der Waals surface area contributed by atoms with Crippen molar-refractivity contribution in [2.24, 2.45) is 0 Å². The Morgan fingerprint density at radius 1 is 1.42 bits per heavy atom. The van der Waals surface area contributed by atoms with Crippen LogP contribution in [0.5, 0.6) is 0 Å². The average molecular weight is 352 g/mol. The summed E-state index contributed by atoms with van der Waals surface area (Å²) in [7, 11) is -4.03. The minimum absolute atomic E-state index is 0.0283. The summed E-state index contributed by atoms with van der Waals surface area (Å²) < 4.78 is 25.6. The molecule has 2 N–H and O–H groups in total. The number of carbonyl (C=O) groups excluding carboxylic acids is 1. The molecule has 0 spiro atoms. The van der Waals surface area contributed by atoms with Crippen LogP contribution in [-0.4, -0.2) is 26.4 Å². The highest BCUT2D eigenvalue weighted by atomic mass is 32.2. The zero-order valence-electron chi connectivity index (χ0n) is 13.0. The van der Waals surface area contributed by atoms with Gasteiger partial charge in [-0.05, 0) is 25.5 Å². The third kappa shape index (κ3) is 3.14. The third-order valence-electron chi connectivity index (χ3n) is 3.14. The second-order valence-electron chi connectivity index (χ2n) is 4.72. The fraction of sp³-hybridized carbons (Fsp3) is 0.214. The van der Waals surface area contributed by atoms with E-state index in [9.17, 15) is 18.4 Å². The van der Waals surface area contributed by atoms with Crippen molar-refractivity contribution < 1.29 is 22.8 Å². The van der Waals surface area contributed by atoms with Gasteiger partial charge in [0.2, 0.25) is 20.7 Å². The zero-order chi connectivity index (χ0) is 17.9.